The number of Topliss-reactive ketones (excluding diaryl/α,β-unsaturated/α-hetero) is 1. The highest BCUT2D eigenvalue weighted by molar-refractivity contribution is 5.89. The van der Waals surface area contributed by atoms with Gasteiger partial charge in [0, 0.05) is 11.8 Å². The lowest BCUT2D eigenvalue weighted by Gasteiger charge is -2.58. The summed E-state index contributed by atoms with van der Waals surface area (Å²) in [5, 5.41) is 11.6. The van der Waals surface area contributed by atoms with Crippen molar-refractivity contribution in [3.8, 4) is 0 Å². The molecule has 0 heterocycles. The van der Waals surface area contributed by atoms with E-state index in [1.165, 1.54) is 12.8 Å². The lowest BCUT2D eigenvalue weighted by Crippen LogP contribution is -2.57. The van der Waals surface area contributed by atoms with E-state index in [0.29, 0.717) is 29.5 Å². The Labute approximate surface area is 135 Å². The number of aliphatic hydroxyl groups is 1. The molecule has 0 spiro atoms. The topological polar surface area (TPSA) is 37.3 Å². The Bertz CT molecular complexity index is 540. The highest BCUT2D eigenvalue weighted by Gasteiger charge is 2.73. The molecule has 0 saturated heterocycles. The third-order valence-electron chi connectivity index (χ3n) is 8.75. The largest absolute Gasteiger partial charge is 0.389 e. The van der Waals surface area contributed by atoms with Crippen molar-refractivity contribution in [2.24, 2.45) is 39.9 Å². The van der Waals surface area contributed by atoms with E-state index in [-0.39, 0.29) is 16.2 Å². The van der Waals surface area contributed by atoms with Crippen LogP contribution in [0.4, 0.5) is 0 Å². The maximum atomic E-state index is 12.6. The fraction of sp³-hybridized carbons (Fsp3) is 0.950. The molecule has 4 rings (SSSR count). The second kappa shape index (κ2) is 3.99. The summed E-state index contributed by atoms with van der Waals surface area (Å²) in [7, 11) is 0. The fourth-order valence-corrected chi connectivity index (χ4v) is 6.95. The number of rotatable bonds is 1. The minimum absolute atomic E-state index is 0.0527. The number of hydrogen-bond acceptors (Lipinski definition) is 2. The first-order valence-electron chi connectivity index (χ1n) is 9.33. The van der Waals surface area contributed by atoms with E-state index in [1.54, 1.807) is 0 Å². The summed E-state index contributed by atoms with van der Waals surface area (Å²) in [6.45, 7) is 11.4. The summed E-state index contributed by atoms with van der Waals surface area (Å²) in [6.07, 6.45) is 6.32. The van der Waals surface area contributed by atoms with E-state index < -0.39 is 5.60 Å². The van der Waals surface area contributed by atoms with Crippen molar-refractivity contribution in [1.29, 1.82) is 0 Å². The molecule has 0 bridgehead atoms. The number of hydrogen-bond donors (Lipinski definition) is 1. The van der Waals surface area contributed by atoms with E-state index in [2.05, 4.69) is 34.6 Å². The predicted molar refractivity (Wildman–Crippen MR) is 87.3 cm³/mol. The summed E-state index contributed by atoms with van der Waals surface area (Å²) < 4.78 is 0. The van der Waals surface area contributed by atoms with E-state index >= 15 is 0 Å². The summed E-state index contributed by atoms with van der Waals surface area (Å²) >= 11 is 0. The number of fused-ring (bicyclic) bond motifs is 5. The minimum Gasteiger partial charge on any atom is -0.389 e. The molecule has 0 aliphatic heterocycles. The lowest BCUT2D eigenvalue weighted by molar-refractivity contribution is -0.164. The Morgan fingerprint density at radius 3 is 2.27 bits per heavy atom. The molecule has 0 aromatic heterocycles. The van der Waals surface area contributed by atoms with Crippen molar-refractivity contribution in [2.45, 2.75) is 78.7 Å². The zero-order chi connectivity index (χ0) is 16.1. The van der Waals surface area contributed by atoms with Gasteiger partial charge in [-0.25, -0.2) is 0 Å². The average Bonchev–Trinajstić information content (AvgIpc) is 3.04. The zero-order valence-electron chi connectivity index (χ0n) is 14.9. The van der Waals surface area contributed by atoms with Gasteiger partial charge in [0.2, 0.25) is 0 Å². The molecule has 4 aliphatic rings. The van der Waals surface area contributed by atoms with Crippen LogP contribution in [0.2, 0.25) is 0 Å². The Morgan fingerprint density at radius 2 is 1.64 bits per heavy atom. The van der Waals surface area contributed by atoms with E-state index in [1.807, 2.05) is 0 Å². The van der Waals surface area contributed by atoms with Crippen LogP contribution >= 0.6 is 0 Å². The standard InChI is InChI=1S/C20H32O2/c1-12(2)20(22)9-8-17(3)6-7-18(4)11-14(21)19(5)10-13(19)15(18)16(17)20/h12-13,15-16,22H,6-11H2,1-5H3. The maximum Gasteiger partial charge on any atom is 0.139 e. The van der Waals surface area contributed by atoms with Gasteiger partial charge in [0.25, 0.3) is 0 Å². The molecule has 7 unspecified atom stereocenters. The zero-order valence-corrected chi connectivity index (χ0v) is 14.9. The summed E-state index contributed by atoms with van der Waals surface area (Å²) in [5.41, 5.74) is -0.157. The van der Waals surface area contributed by atoms with Gasteiger partial charge in [0.05, 0.1) is 5.60 Å². The molecule has 4 fully saturated rings. The van der Waals surface area contributed by atoms with Gasteiger partial charge in [-0.1, -0.05) is 34.6 Å². The molecule has 4 aliphatic carbocycles. The SMILES string of the molecule is CC(C)C1(O)CCC2(C)CCC3(C)CC(=O)C4(C)CC4C3C21. The van der Waals surface area contributed by atoms with Gasteiger partial charge in [-0.05, 0) is 66.6 Å². The molecular formula is C20H32O2. The van der Waals surface area contributed by atoms with Gasteiger partial charge in [0.15, 0.2) is 0 Å². The average molecular weight is 304 g/mol. The predicted octanol–water partition coefficient (Wildman–Crippen LogP) is 4.21. The smallest absolute Gasteiger partial charge is 0.139 e. The Hall–Kier alpha value is -0.370. The van der Waals surface area contributed by atoms with Gasteiger partial charge in [-0.2, -0.15) is 0 Å². The molecule has 2 nitrogen and oxygen atoms in total. The van der Waals surface area contributed by atoms with Gasteiger partial charge < -0.3 is 5.11 Å². The molecule has 4 saturated carbocycles. The molecule has 1 N–H and O–H groups in total. The van der Waals surface area contributed by atoms with Gasteiger partial charge in [0.1, 0.15) is 5.78 Å². The lowest BCUT2D eigenvalue weighted by atomic mass is 9.47. The third kappa shape index (κ3) is 1.58. The molecule has 124 valence electrons. The quantitative estimate of drug-likeness (QED) is 0.788. The van der Waals surface area contributed by atoms with Crippen LogP contribution in [0.5, 0.6) is 0 Å². The van der Waals surface area contributed by atoms with Crippen LogP contribution < -0.4 is 0 Å². The summed E-state index contributed by atoms with van der Waals surface area (Å²) in [4.78, 5) is 12.6. The second-order valence-corrected chi connectivity index (χ2v) is 10.3. The Balaban J connectivity index is 1.81. The van der Waals surface area contributed by atoms with Gasteiger partial charge in [-0.15, -0.1) is 0 Å². The Kier molecular flexibility index (Phi) is 2.75. The van der Waals surface area contributed by atoms with Crippen LogP contribution in [0.25, 0.3) is 0 Å². The first-order chi connectivity index (χ1) is 10.1. The summed E-state index contributed by atoms with van der Waals surface area (Å²) in [6, 6.07) is 0. The molecule has 22 heavy (non-hydrogen) atoms. The van der Waals surface area contributed by atoms with Crippen molar-refractivity contribution >= 4 is 5.78 Å². The second-order valence-electron chi connectivity index (χ2n) is 10.3. The minimum atomic E-state index is -0.523. The highest BCUT2D eigenvalue weighted by atomic mass is 16.3. The number of carbonyl (C=O) groups is 1. The number of carbonyl (C=O) groups excluding carboxylic acids is 1. The van der Waals surface area contributed by atoms with Crippen LogP contribution in [0.15, 0.2) is 0 Å². The normalized spacial score (nSPS) is 60.0. The van der Waals surface area contributed by atoms with Crippen LogP contribution in [0, 0.1) is 39.9 Å². The maximum absolute atomic E-state index is 12.6. The molecule has 0 amide bonds. The van der Waals surface area contributed by atoms with Gasteiger partial charge in [-0.3, -0.25) is 4.79 Å². The number of ketones is 1. The van der Waals surface area contributed by atoms with Crippen LogP contribution in [-0.4, -0.2) is 16.5 Å². The van der Waals surface area contributed by atoms with Crippen molar-refractivity contribution in [1.82, 2.24) is 0 Å². The van der Waals surface area contributed by atoms with Crippen molar-refractivity contribution in [3.05, 3.63) is 0 Å². The Morgan fingerprint density at radius 1 is 1.05 bits per heavy atom. The van der Waals surface area contributed by atoms with Crippen LogP contribution in [-0.2, 0) is 4.79 Å². The van der Waals surface area contributed by atoms with Crippen molar-refractivity contribution in [2.75, 3.05) is 0 Å². The molecule has 0 aromatic rings. The monoisotopic (exact) mass is 304 g/mol. The third-order valence-corrected chi connectivity index (χ3v) is 8.75. The molecule has 0 radical (unpaired) electrons. The molecule has 0 aromatic carbocycles. The van der Waals surface area contributed by atoms with Gasteiger partial charge >= 0.3 is 0 Å². The van der Waals surface area contributed by atoms with E-state index in [9.17, 15) is 9.90 Å². The van der Waals surface area contributed by atoms with Crippen molar-refractivity contribution in [3.63, 3.8) is 0 Å². The van der Waals surface area contributed by atoms with Crippen LogP contribution in [0.3, 0.4) is 0 Å². The highest BCUT2D eigenvalue weighted by Crippen LogP contribution is 2.76. The molecule has 7 atom stereocenters. The first-order valence-corrected chi connectivity index (χ1v) is 9.33. The van der Waals surface area contributed by atoms with Crippen molar-refractivity contribution < 1.29 is 9.90 Å². The summed E-state index contributed by atoms with van der Waals surface area (Å²) in [5.74, 6) is 2.28. The fourth-order valence-electron chi connectivity index (χ4n) is 6.95. The van der Waals surface area contributed by atoms with E-state index in [0.717, 1.165) is 25.7 Å². The van der Waals surface area contributed by atoms with Crippen LogP contribution in [0.1, 0.15) is 73.1 Å². The first kappa shape index (κ1) is 15.2. The molecular weight excluding hydrogens is 272 g/mol. The van der Waals surface area contributed by atoms with E-state index in [4.69, 9.17) is 0 Å². The molecule has 2 heteroatoms.